The van der Waals surface area contributed by atoms with E-state index in [-0.39, 0.29) is 24.2 Å². The summed E-state index contributed by atoms with van der Waals surface area (Å²) in [6.45, 7) is 3.24. The Morgan fingerprint density at radius 1 is 1.11 bits per heavy atom. The Morgan fingerprint density at radius 3 is 2.43 bits per heavy atom. The van der Waals surface area contributed by atoms with Crippen LogP contribution in [0.4, 0.5) is 14.5 Å². The Hall–Kier alpha value is -3.81. The summed E-state index contributed by atoms with van der Waals surface area (Å²) in [5, 5.41) is 22.5. The quantitative estimate of drug-likeness (QED) is 0.289. The first kappa shape index (κ1) is 23.0. The van der Waals surface area contributed by atoms with E-state index in [2.05, 4.69) is 15.0 Å². The number of piperidine rings is 1. The van der Waals surface area contributed by atoms with E-state index in [9.17, 15) is 23.9 Å². The fraction of sp³-hybridized carbons (Fsp3) is 0.296. The Kier molecular flexibility index (Phi) is 5.96. The predicted molar refractivity (Wildman–Crippen MR) is 127 cm³/mol. The van der Waals surface area contributed by atoms with Crippen molar-refractivity contribution in [1.82, 2.24) is 4.98 Å². The summed E-state index contributed by atoms with van der Waals surface area (Å²) in [4.78, 5) is 17.6. The number of hydrogen-bond acceptors (Lipinski definition) is 5. The van der Waals surface area contributed by atoms with Gasteiger partial charge in [0.05, 0.1) is 11.6 Å². The van der Waals surface area contributed by atoms with Gasteiger partial charge in [0, 0.05) is 54.6 Å². The number of aliphatic carboxylic acids is 1. The number of carboxylic acids is 1. The van der Waals surface area contributed by atoms with Crippen molar-refractivity contribution in [2.45, 2.75) is 19.3 Å². The van der Waals surface area contributed by atoms with Gasteiger partial charge in [-0.2, -0.15) is 0 Å². The number of anilines is 1. The van der Waals surface area contributed by atoms with E-state index in [0.717, 1.165) is 23.0 Å². The van der Waals surface area contributed by atoms with Gasteiger partial charge in [-0.15, -0.1) is 0 Å². The van der Waals surface area contributed by atoms with Gasteiger partial charge in [0.25, 0.3) is 0 Å². The lowest BCUT2D eigenvalue weighted by Gasteiger charge is -2.24. The number of carboxylic acid groups (broad SMARTS) is 1. The Labute approximate surface area is 201 Å². The van der Waals surface area contributed by atoms with Crippen molar-refractivity contribution >= 4 is 17.4 Å². The zero-order chi connectivity index (χ0) is 24.7. The molecule has 0 amide bonds. The first-order valence-corrected chi connectivity index (χ1v) is 11.5. The van der Waals surface area contributed by atoms with E-state index < -0.39 is 23.5 Å². The zero-order valence-electron chi connectivity index (χ0n) is 19.1. The van der Waals surface area contributed by atoms with Gasteiger partial charge in [0.15, 0.2) is 0 Å². The van der Waals surface area contributed by atoms with Crippen LogP contribution in [0.15, 0.2) is 65.9 Å². The average Bonchev–Trinajstić information content (AvgIpc) is 3.35. The monoisotopic (exact) mass is 477 g/mol. The highest BCUT2D eigenvalue weighted by molar-refractivity contribution is 6.01. The van der Waals surface area contributed by atoms with Crippen LogP contribution in [0.3, 0.4) is 0 Å². The van der Waals surface area contributed by atoms with Crippen molar-refractivity contribution in [2.75, 3.05) is 18.0 Å². The molecule has 2 aromatic carbocycles. The Balaban J connectivity index is 1.43. The second kappa shape index (κ2) is 9.09. The summed E-state index contributed by atoms with van der Waals surface area (Å²) in [7, 11) is 0. The molecule has 180 valence electrons. The maximum Gasteiger partial charge on any atom is 0.307 e. The van der Waals surface area contributed by atoms with E-state index in [1.54, 1.807) is 18.3 Å². The highest BCUT2D eigenvalue weighted by Gasteiger charge is 2.59. The van der Waals surface area contributed by atoms with Crippen LogP contribution in [0.2, 0.25) is 0 Å². The lowest BCUT2D eigenvalue weighted by atomic mass is 9.85. The molecule has 6 nitrogen and oxygen atoms in total. The van der Waals surface area contributed by atoms with Crippen LogP contribution >= 0.6 is 0 Å². The van der Waals surface area contributed by atoms with E-state index in [1.807, 2.05) is 31.2 Å². The minimum absolute atomic E-state index is 0.190. The second-order valence-corrected chi connectivity index (χ2v) is 9.34. The van der Waals surface area contributed by atoms with Crippen LogP contribution in [0, 0.1) is 36.3 Å². The molecule has 1 aromatic heterocycles. The minimum atomic E-state index is -0.718. The number of hydrogen-bond donors (Lipinski definition) is 2. The molecule has 0 radical (unpaired) electrons. The summed E-state index contributed by atoms with van der Waals surface area (Å²) in [6.07, 6.45) is 1.81. The molecule has 35 heavy (non-hydrogen) atoms. The van der Waals surface area contributed by atoms with Gasteiger partial charge in [0.1, 0.15) is 11.6 Å². The van der Waals surface area contributed by atoms with Crippen molar-refractivity contribution in [3.8, 4) is 0 Å². The number of fused-ring (bicyclic) bond motifs is 1. The normalized spacial score (nSPS) is 22.1. The van der Waals surface area contributed by atoms with Gasteiger partial charge in [-0.3, -0.25) is 9.78 Å². The van der Waals surface area contributed by atoms with Gasteiger partial charge < -0.3 is 15.2 Å². The Bertz CT molecular complexity index is 1280. The smallest absolute Gasteiger partial charge is 0.307 e. The number of oxime groups is 1. The predicted octanol–water partition coefficient (Wildman–Crippen LogP) is 4.84. The Morgan fingerprint density at radius 2 is 1.83 bits per heavy atom. The molecule has 1 saturated carbocycles. The molecule has 0 bridgehead atoms. The van der Waals surface area contributed by atoms with Gasteiger partial charge in [-0.25, -0.2) is 8.78 Å². The highest BCUT2D eigenvalue weighted by atomic mass is 19.1. The molecule has 0 spiro atoms. The molecule has 1 saturated heterocycles. The average molecular weight is 478 g/mol. The number of rotatable bonds is 7. The molecule has 3 atom stereocenters. The summed E-state index contributed by atoms with van der Waals surface area (Å²) in [6, 6.07) is 14.7. The summed E-state index contributed by atoms with van der Waals surface area (Å²) in [5.41, 5.74) is 3.87. The van der Waals surface area contributed by atoms with Gasteiger partial charge in [-0.05, 0) is 60.2 Å². The number of pyridine rings is 1. The fourth-order valence-corrected chi connectivity index (χ4v) is 5.35. The second-order valence-electron chi connectivity index (χ2n) is 9.34. The van der Waals surface area contributed by atoms with Crippen molar-refractivity contribution < 1.29 is 23.9 Å². The molecule has 8 heteroatoms. The number of benzene rings is 2. The van der Waals surface area contributed by atoms with E-state index in [4.69, 9.17) is 0 Å². The third-order valence-electron chi connectivity index (χ3n) is 7.23. The number of nitrogens with zero attached hydrogens (tertiary/aromatic N) is 3. The summed E-state index contributed by atoms with van der Waals surface area (Å²) in [5.74, 6) is -2.41. The molecule has 1 aliphatic carbocycles. The van der Waals surface area contributed by atoms with E-state index >= 15 is 0 Å². The maximum atomic E-state index is 14.9. The topological polar surface area (TPSA) is 86.0 Å². The third-order valence-corrected chi connectivity index (χ3v) is 7.23. The molecule has 5 rings (SSSR count). The molecule has 2 aliphatic rings. The zero-order valence-corrected chi connectivity index (χ0v) is 19.1. The minimum Gasteiger partial charge on any atom is -0.481 e. The number of aryl methyl sites for hydroxylation is 1. The van der Waals surface area contributed by atoms with Crippen LogP contribution in [0.5, 0.6) is 0 Å². The molecule has 3 aromatic rings. The SMILES string of the molecule is Cc1cc(/C(CC(c2ccc(N3CC4C(C3)C4C(=O)O)cc2)c2ccc(F)cc2F)=N/O)ccn1. The maximum absolute atomic E-state index is 14.9. The summed E-state index contributed by atoms with van der Waals surface area (Å²) >= 11 is 0. The molecule has 2 heterocycles. The van der Waals surface area contributed by atoms with Crippen LogP contribution < -0.4 is 4.90 Å². The molecule has 2 fully saturated rings. The molecular formula is C27H25F2N3O3. The lowest BCUT2D eigenvalue weighted by Crippen LogP contribution is -2.25. The fourth-order valence-electron chi connectivity index (χ4n) is 5.35. The number of aromatic nitrogens is 1. The van der Waals surface area contributed by atoms with Crippen molar-refractivity contribution in [2.24, 2.45) is 22.9 Å². The molecule has 3 unspecified atom stereocenters. The number of halogens is 2. The van der Waals surface area contributed by atoms with Crippen molar-refractivity contribution in [3.63, 3.8) is 0 Å². The first-order chi connectivity index (χ1) is 16.9. The van der Waals surface area contributed by atoms with E-state index in [1.165, 1.54) is 12.1 Å². The van der Waals surface area contributed by atoms with Crippen LogP contribution in [-0.4, -0.2) is 40.1 Å². The van der Waals surface area contributed by atoms with Crippen molar-refractivity contribution in [1.29, 1.82) is 0 Å². The van der Waals surface area contributed by atoms with Crippen LogP contribution in [0.25, 0.3) is 0 Å². The highest BCUT2D eigenvalue weighted by Crippen LogP contribution is 2.52. The van der Waals surface area contributed by atoms with Crippen molar-refractivity contribution in [3.05, 3.63) is 94.8 Å². The summed E-state index contributed by atoms with van der Waals surface area (Å²) < 4.78 is 28.5. The largest absolute Gasteiger partial charge is 0.481 e. The lowest BCUT2D eigenvalue weighted by molar-refractivity contribution is -0.139. The molecular weight excluding hydrogens is 452 g/mol. The van der Waals surface area contributed by atoms with Crippen LogP contribution in [0.1, 0.15) is 34.7 Å². The van der Waals surface area contributed by atoms with Gasteiger partial charge in [-0.1, -0.05) is 23.4 Å². The third kappa shape index (κ3) is 4.48. The van der Waals surface area contributed by atoms with Gasteiger partial charge >= 0.3 is 5.97 Å². The number of carbonyl (C=O) groups is 1. The van der Waals surface area contributed by atoms with Crippen LogP contribution in [-0.2, 0) is 4.79 Å². The van der Waals surface area contributed by atoms with Gasteiger partial charge in [0.2, 0.25) is 0 Å². The molecule has 2 N–H and O–H groups in total. The van der Waals surface area contributed by atoms with E-state index in [0.29, 0.717) is 29.9 Å². The molecule has 1 aliphatic heterocycles. The first-order valence-electron chi connectivity index (χ1n) is 11.5. The standard InChI is InChI=1S/C27H25F2N3O3/c1-15-10-17(8-9-30-15)25(31-35)12-21(20-7-4-18(28)11-24(20)29)16-2-5-19(6-3-16)32-13-22-23(14-32)26(22)27(33)34/h2-11,21-23,26,35H,12-14H2,1H3,(H,33,34)/b31-25+.